The van der Waals surface area contributed by atoms with Gasteiger partial charge < -0.3 is 10.6 Å². The number of hydrogen-bond acceptors (Lipinski definition) is 10. The molecule has 1 aromatic heterocycles. The highest BCUT2D eigenvalue weighted by Gasteiger charge is 2.42. The molecule has 0 saturated carbocycles. The Morgan fingerprint density at radius 1 is 0.667 bits per heavy atom. The first kappa shape index (κ1) is 47.3. The van der Waals surface area contributed by atoms with Crippen LogP contribution >= 0.6 is 23.2 Å². The third kappa shape index (κ3) is 11.9. The molecule has 63 heavy (non-hydrogen) atoms. The molecule has 3 heterocycles. The first-order valence-corrected chi connectivity index (χ1v) is 23.8. The summed E-state index contributed by atoms with van der Waals surface area (Å²) in [6, 6.07) is 26.2. The van der Waals surface area contributed by atoms with Crippen LogP contribution in [0.2, 0.25) is 10.0 Å². The van der Waals surface area contributed by atoms with Crippen LogP contribution in [0.4, 0.5) is 0 Å². The number of nitriles is 1. The monoisotopic (exact) mass is 933 g/mol. The molecular weight excluding hydrogens is 886 g/mol. The van der Waals surface area contributed by atoms with Gasteiger partial charge in [-0.2, -0.15) is 19.1 Å². The Bertz CT molecular complexity index is 2640. The number of carbonyl (C=O) groups is 2. The lowest BCUT2D eigenvalue weighted by atomic mass is 9.83. The minimum Gasteiger partial charge on any atom is -0.355 e. The summed E-state index contributed by atoms with van der Waals surface area (Å²) in [5.74, 6) is -0.148. The molecule has 2 aliphatic heterocycles. The van der Waals surface area contributed by atoms with Crippen molar-refractivity contribution in [2.45, 2.75) is 88.3 Å². The molecule has 0 aliphatic carbocycles. The number of benzene rings is 4. The minimum absolute atomic E-state index is 0.0187. The molecule has 7 rings (SSSR count). The van der Waals surface area contributed by atoms with E-state index in [0.717, 1.165) is 24.0 Å². The second kappa shape index (κ2) is 19.7. The zero-order chi connectivity index (χ0) is 45.6. The van der Waals surface area contributed by atoms with Gasteiger partial charge >= 0.3 is 0 Å². The summed E-state index contributed by atoms with van der Waals surface area (Å²) >= 11 is 11.9. The predicted molar refractivity (Wildman–Crippen MR) is 239 cm³/mol. The number of nitrogens with one attached hydrogen (secondary N) is 3. The molecule has 4 aromatic carbocycles. The smallest absolute Gasteiger partial charge is 0.244 e. The average molecular weight is 935 g/mol. The lowest BCUT2D eigenvalue weighted by Gasteiger charge is -2.33. The Balaban J connectivity index is 0.000000211. The molecule has 2 amide bonds. The van der Waals surface area contributed by atoms with Crippen molar-refractivity contribution in [3.05, 3.63) is 124 Å². The van der Waals surface area contributed by atoms with E-state index >= 15 is 0 Å². The minimum atomic E-state index is -3.99. The second-order valence-corrected chi connectivity index (χ2v) is 21.8. The fraction of sp³-hybridized carbons (Fsp3) is 0.364. The van der Waals surface area contributed by atoms with Crippen molar-refractivity contribution in [2.75, 3.05) is 13.1 Å². The van der Waals surface area contributed by atoms with Crippen LogP contribution in [-0.2, 0) is 42.7 Å². The van der Waals surface area contributed by atoms with Gasteiger partial charge in [0.05, 0.1) is 21.4 Å². The Kier molecular flexibility index (Phi) is 14.8. The zero-order valence-electron chi connectivity index (χ0n) is 35.3. The number of aromatic nitrogens is 4. The van der Waals surface area contributed by atoms with Crippen LogP contribution in [0.15, 0.2) is 107 Å². The van der Waals surface area contributed by atoms with Crippen molar-refractivity contribution in [1.82, 2.24) is 39.9 Å². The molecule has 2 fully saturated rings. The molecule has 2 unspecified atom stereocenters. The van der Waals surface area contributed by atoms with E-state index in [-0.39, 0.29) is 45.5 Å². The maximum absolute atomic E-state index is 13.7. The molecule has 0 bridgehead atoms. The number of sulfonamides is 2. The van der Waals surface area contributed by atoms with Crippen LogP contribution in [0.3, 0.4) is 0 Å². The summed E-state index contributed by atoms with van der Waals surface area (Å²) in [6.07, 6.45) is 2.35. The Morgan fingerprint density at radius 2 is 1.08 bits per heavy atom. The first-order valence-electron chi connectivity index (χ1n) is 20.2. The molecule has 0 spiro atoms. The topological polar surface area (TPSA) is 211 Å². The largest absolute Gasteiger partial charge is 0.355 e. The molecule has 2 saturated heterocycles. The number of carbonyl (C=O) groups excluding carboxylic acids is 2. The number of H-pyrrole nitrogens is 1. The molecule has 332 valence electrons. The summed E-state index contributed by atoms with van der Waals surface area (Å²) in [5, 5.41) is 29.5. The maximum Gasteiger partial charge on any atom is 0.244 e. The number of tetrazole rings is 1. The van der Waals surface area contributed by atoms with Crippen molar-refractivity contribution in [3.63, 3.8) is 0 Å². The maximum atomic E-state index is 13.7. The standard InChI is InChI=1S/C22H25ClN6O3S.C22H24ClN3O3S/c1-22(2)11-12-24-21(30)19(13-22)29(33(31,32)18-9-7-17(23)8-10-18)14-15-3-5-16(6-4-15)20-25-27-28-26-20;1-22(2)11-12-25-21(27)20(13-22)26(15-17-5-3-16(14-24)4-6-17)30(28,29)19-9-7-18(23)8-10-19/h3-10,19H,11-14H2,1-2H3,(H,24,30)(H,25,26,27,28);3-10,20H,11-13,15H2,1-2H3,(H,25,27). The van der Waals surface area contributed by atoms with Crippen molar-refractivity contribution in [1.29, 1.82) is 5.26 Å². The highest BCUT2D eigenvalue weighted by Crippen LogP contribution is 2.35. The van der Waals surface area contributed by atoms with E-state index in [2.05, 4.69) is 31.3 Å². The Morgan fingerprint density at radius 3 is 1.46 bits per heavy atom. The molecular formula is C44H49Cl2N9O6S2. The van der Waals surface area contributed by atoms with Crippen LogP contribution in [0, 0.1) is 22.2 Å². The van der Waals surface area contributed by atoms with E-state index < -0.39 is 32.1 Å². The van der Waals surface area contributed by atoms with Gasteiger partial charge in [0.25, 0.3) is 0 Å². The Labute approximate surface area is 378 Å². The third-order valence-electron chi connectivity index (χ3n) is 11.2. The van der Waals surface area contributed by atoms with Crippen LogP contribution < -0.4 is 10.6 Å². The van der Waals surface area contributed by atoms with Crippen molar-refractivity contribution in [2.24, 2.45) is 10.8 Å². The molecule has 19 heteroatoms. The number of halogens is 2. The average Bonchev–Trinajstić information content (AvgIpc) is 3.70. The quantitative estimate of drug-likeness (QED) is 0.127. The molecule has 2 atom stereocenters. The van der Waals surface area contributed by atoms with Gasteiger partial charge in [0, 0.05) is 41.8 Å². The normalized spacial score (nSPS) is 18.8. The lowest BCUT2D eigenvalue weighted by molar-refractivity contribution is -0.125. The van der Waals surface area contributed by atoms with Gasteiger partial charge in [-0.25, -0.2) is 16.8 Å². The highest BCUT2D eigenvalue weighted by atomic mass is 35.5. The van der Waals surface area contributed by atoms with Gasteiger partial charge in [-0.05, 0) is 114 Å². The number of amides is 2. The summed E-state index contributed by atoms with van der Waals surface area (Å²) in [4.78, 5) is 26.1. The zero-order valence-corrected chi connectivity index (χ0v) is 38.4. The summed E-state index contributed by atoms with van der Waals surface area (Å²) in [7, 11) is -7.98. The van der Waals surface area contributed by atoms with Gasteiger partial charge in [-0.3, -0.25) is 9.59 Å². The van der Waals surface area contributed by atoms with Gasteiger partial charge in [-0.15, -0.1) is 10.2 Å². The van der Waals surface area contributed by atoms with Gasteiger partial charge in [0.2, 0.25) is 37.7 Å². The van der Waals surface area contributed by atoms with Crippen LogP contribution in [0.25, 0.3) is 11.4 Å². The predicted octanol–water partition coefficient (Wildman–Crippen LogP) is 6.72. The lowest BCUT2D eigenvalue weighted by Crippen LogP contribution is -2.49. The molecule has 3 N–H and O–H groups in total. The van der Waals surface area contributed by atoms with Crippen LogP contribution in [0.1, 0.15) is 70.1 Å². The number of aromatic amines is 1. The van der Waals surface area contributed by atoms with Crippen LogP contribution in [-0.4, -0.2) is 83.1 Å². The second-order valence-electron chi connectivity index (χ2n) is 17.1. The van der Waals surface area contributed by atoms with Gasteiger partial charge in [-0.1, -0.05) is 87.3 Å². The van der Waals surface area contributed by atoms with E-state index in [9.17, 15) is 26.4 Å². The number of hydrogen-bond donors (Lipinski definition) is 3. The molecule has 0 radical (unpaired) electrons. The van der Waals surface area contributed by atoms with E-state index in [1.165, 1.54) is 57.1 Å². The summed E-state index contributed by atoms with van der Waals surface area (Å²) in [5.41, 5.74) is 2.24. The number of rotatable bonds is 11. The van der Waals surface area contributed by atoms with E-state index in [0.29, 0.717) is 52.9 Å². The highest BCUT2D eigenvalue weighted by molar-refractivity contribution is 7.89. The van der Waals surface area contributed by atoms with Crippen molar-refractivity contribution >= 4 is 55.1 Å². The fourth-order valence-electron chi connectivity index (χ4n) is 7.48. The van der Waals surface area contributed by atoms with Gasteiger partial charge in [0.15, 0.2) is 0 Å². The molecule has 2 aliphatic rings. The molecule has 5 aromatic rings. The Hall–Kier alpha value is -5.22. The number of nitrogens with zero attached hydrogens (tertiary/aromatic N) is 6. The van der Waals surface area contributed by atoms with Crippen LogP contribution in [0.5, 0.6) is 0 Å². The molecule has 15 nitrogen and oxygen atoms in total. The van der Waals surface area contributed by atoms with Crippen molar-refractivity contribution in [3.8, 4) is 17.5 Å². The SMILES string of the molecule is CC1(C)CCNC(=O)C(N(Cc2ccc(-c3nn[nH]n3)cc2)S(=O)(=O)c2ccc(Cl)cc2)C1.CC1(C)CCNC(=O)C(N(Cc2ccc(C#N)cc2)S(=O)(=O)c2ccc(Cl)cc2)C1. The third-order valence-corrected chi connectivity index (χ3v) is 15.4. The van der Waals surface area contributed by atoms with E-state index in [1.54, 1.807) is 48.5 Å². The first-order chi connectivity index (χ1) is 29.8. The summed E-state index contributed by atoms with van der Waals surface area (Å²) in [6.45, 7) is 9.24. The van der Waals surface area contributed by atoms with E-state index in [4.69, 9.17) is 28.5 Å². The van der Waals surface area contributed by atoms with Gasteiger partial charge in [0.1, 0.15) is 12.1 Å². The van der Waals surface area contributed by atoms with Crippen molar-refractivity contribution < 1.29 is 26.4 Å². The summed E-state index contributed by atoms with van der Waals surface area (Å²) < 4.78 is 57.2. The van der Waals surface area contributed by atoms with E-state index in [1.807, 2.05) is 33.8 Å². The fourth-order valence-corrected chi connectivity index (χ4v) is 10.9.